The number of hydrogen-bond donors (Lipinski definition) is 1. The van der Waals surface area contributed by atoms with Crippen molar-refractivity contribution < 1.29 is 31.1 Å². The molecule has 0 fully saturated rings. The number of nitrogens with zero attached hydrogens (tertiary/aromatic N) is 2. The van der Waals surface area contributed by atoms with E-state index in [2.05, 4.69) is 4.98 Å². The van der Waals surface area contributed by atoms with Gasteiger partial charge in [-0.1, -0.05) is 23.4 Å². The average molecular weight is 454 g/mol. The van der Waals surface area contributed by atoms with Gasteiger partial charge in [0.25, 0.3) is 0 Å². The Hall–Kier alpha value is -2.45. The molecule has 1 aromatic heterocycles. The number of hydrogen-bond acceptors (Lipinski definition) is 4. The highest BCUT2D eigenvalue weighted by molar-refractivity contribution is 8.00. The maximum absolute atomic E-state index is 13.1. The molecule has 0 radical (unpaired) electrons. The summed E-state index contributed by atoms with van der Waals surface area (Å²) in [5.74, 6) is -1.49. The Labute approximate surface area is 169 Å². The van der Waals surface area contributed by atoms with Crippen LogP contribution in [0.2, 0.25) is 5.02 Å². The van der Waals surface area contributed by atoms with E-state index in [1.165, 1.54) is 13.0 Å². The van der Waals surface area contributed by atoms with Gasteiger partial charge in [-0.05, 0) is 31.2 Å². The van der Waals surface area contributed by atoms with E-state index in [9.17, 15) is 31.1 Å². The molecule has 1 heterocycles. The van der Waals surface area contributed by atoms with Crippen LogP contribution in [0, 0.1) is 18.3 Å². The van der Waals surface area contributed by atoms with E-state index in [0.717, 1.165) is 12.1 Å². The summed E-state index contributed by atoms with van der Waals surface area (Å²) >= 11 is 6.06. The molecule has 1 amide bonds. The van der Waals surface area contributed by atoms with Crippen molar-refractivity contribution in [3.63, 3.8) is 0 Å². The van der Waals surface area contributed by atoms with E-state index in [-0.39, 0.29) is 15.7 Å². The number of alkyl halides is 6. The second kappa shape index (κ2) is 8.51. The number of pyridine rings is 1. The van der Waals surface area contributed by atoms with Crippen molar-refractivity contribution in [3.05, 3.63) is 51.7 Å². The number of halogens is 7. The number of aryl methyl sites for hydroxylation is 1. The van der Waals surface area contributed by atoms with E-state index in [4.69, 9.17) is 16.9 Å². The van der Waals surface area contributed by atoms with Gasteiger partial charge < -0.3 is 5.32 Å². The molecule has 12 heteroatoms. The number of amides is 1. The molecule has 29 heavy (non-hydrogen) atoms. The van der Waals surface area contributed by atoms with Gasteiger partial charge in [-0.15, -0.1) is 0 Å². The molecule has 2 aromatic rings. The molecule has 0 spiro atoms. The second-order valence-corrected chi connectivity index (χ2v) is 7.03. The quantitative estimate of drug-likeness (QED) is 0.477. The number of nitriles is 1. The molecular formula is C17H10ClF6N3OS. The number of anilines is 1. The van der Waals surface area contributed by atoms with E-state index >= 15 is 0 Å². The van der Waals surface area contributed by atoms with Gasteiger partial charge >= 0.3 is 12.4 Å². The maximum Gasteiger partial charge on any atom is 0.418 e. The molecule has 0 atom stereocenters. The van der Waals surface area contributed by atoms with E-state index in [1.807, 2.05) is 5.32 Å². The number of rotatable bonds is 4. The van der Waals surface area contributed by atoms with Gasteiger partial charge in [0.1, 0.15) is 11.1 Å². The van der Waals surface area contributed by atoms with Crippen LogP contribution in [-0.4, -0.2) is 16.6 Å². The lowest BCUT2D eigenvalue weighted by molar-refractivity contribution is -0.138. The third kappa shape index (κ3) is 5.77. The molecule has 0 unspecified atom stereocenters. The van der Waals surface area contributed by atoms with Crippen molar-refractivity contribution in [2.24, 2.45) is 0 Å². The number of benzene rings is 1. The molecule has 1 aromatic carbocycles. The summed E-state index contributed by atoms with van der Waals surface area (Å²) in [6.45, 7) is 1.28. The SMILES string of the molecule is Cc1cc(C(F)(F)F)c(C#N)c(SCC(=O)Nc2ccc(Cl)cc2C(F)(F)F)n1. The summed E-state index contributed by atoms with van der Waals surface area (Å²) in [4.78, 5) is 15.9. The first-order valence-electron chi connectivity index (χ1n) is 7.61. The second-order valence-electron chi connectivity index (χ2n) is 5.63. The molecule has 154 valence electrons. The van der Waals surface area contributed by atoms with Gasteiger partial charge in [0.05, 0.1) is 28.1 Å². The van der Waals surface area contributed by atoms with E-state index in [1.54, 1.807) is 0 Å². The Bertz CT molecular complexity index is 985. The Morgan fingerprint density at radius 3 is 2.34 bits per heavy atom. The van der Waals surface area contributed by atoms with Gasteiger partial charge in [-0.2, -0.15) is 31.6 Å². The summed E-state index contributed by atoms with van der Waals surface area (Å²) in [6, 6.07) is 4.85. The number of carbonyl (C=O) groups is 1. The summed E-state index contributed by atoms with van der Waals surface area (Å²) in [7, 11) is 0. The zero-order valence-electron chi connectivity index (χ0n) is 14.4. The standard InChI is InChI=1S/C17H10ClF6N3OS/c1-8-4-11(16(19,20)21)10(6-25)15(26-8)29-7-14(28)27-13-3-2-9(18)5-12(13)17(22,23)24/h2-5H,7H2,1H3,(H,27,28). The van der Waals surface area contributed by atoms with Crippen LogP contribution in [0.4, 0.5) is 32.0 Å². The minimum atomic E-state index is -4.80. The lowest BCUT2D eigenvalue weighted by Crippen LogP contribution is -2.18. The highest BCUT2D eigenvalue weighted by Gasteiger charge is 2.36. The fraction of sp³-hybridized carbons (Fsp3) is 0.235. The molecule has 0 bridgehead atoms. The van der Waals surface area contributed by atoms with Gasteiger partial charge in [0.2, 0.25) is 5.91 Å². The van der Waals surface area contributed by atoms with Crippen LogP contribution in [-0.2, 0) is 17.1 Å². The molecule has 2 rings (SSSR count). The van der Waals surface area contributed by atoms with Crippen LogP contribution in [0.15, 0.2) is 29.3 Å². The van der Waals surface area contributed by atoms with Crippen LogP contribution >= 0.6 is 23.4 Å². The van der Waals surface area contributed by atoms with Crippen molar-refractivity contribution in [1.29, 1.82) is 5.26 Å². The lowest BCUT2D eigenvalue weighted by atomic mass is 10.1. The Morgan fingerprint density at radius 2 is 1.79 bits per heavy atom. The molecule has 0 aliphatic carbocycles. The van der Waals surface area contributed by atoms with E-state index < -0.39 is 46.4 Å². The van der Waals surface area contributed by atoms with Crippen LogP contribution in [0.3, 0.4) is 0 Å². The van der Waals surface area contributed by atoms with E-state index in [0.29, 0.717) is 23.9 Å². The molecule has 4 nitrogen and oxygen atoms in total. The zero-order chi connectivity index (χ0) is 22.0. The van der Waals surface area contributed by atoms with Gasteiger partial charge in [0, 0.05) is 10.7 Å². The first-order valence-corrected chi connectivity index (χ1v) is 8.97. The van der Waals surface area contributed by atoms with Crippen LogP contribution < -0.4 is 5.32 Å². The fourth-order valence-corrected chi connectivity index (χ4v) is 3.28. The maximum atomic E-state index is 13.1. The third-order valence-corrected chi connectivity index (χ3v) is 4.64. The summed E-state index contributed by atoms with van der Waals surface area (Å²) in [6.07, 6.45) is -9.59. The van der Waals surface area contributed by atoms with Gasteiger partial charge in [-0.25, -0.2) is 4.98 Å². The number of thioether (sulfide) groups is 1. The van der Waals surface area contributed by atoms with Crippen molar-refractivity contribution in [1.82, 2.24) is 4.98 Å². The number of carbonyl (C=O) groups excluding carboxylic acids is 1. The highest BCUT2D eigenvalue weighted by Crippen LogP contribution is 2.37. The summed E-state index contributed by atoms with van der Waals surface area (Å²) in [5.41, 5.74) is -3.72. The van der Waals surface area contributed by atoms with Gasteiger partial charge in [0.15, 0.2) is 0 Å². The summed E-state index contributed by atoms with van der Waals surface area (Å²) < 4.78 is 78.4. The fourth-order valence-electron chi connectivity index (χ4n) is 2.26. The van der Waals surface area contributed by atoms with Crippen molar-refractivity contribution in [3.8, 4) is 6.07 Å². The Balaban J connectivity index is 2.24. The third-order valence-electron chi connectivity index (χ3n) is 3.43. The average Bonchev–Trinajstić information content (AvgIpc) is 2.59. The van der Waals surface area contributed by atoms with Crippen LogP contribution in [0.5, 0.6) is 0 Å². The predicted octanol–water partition coefficient (Wildman–Crippen LogP) is 5.68. The van der Waals surface area contributed by atoms with Crippen molar-refractivity contribution in [2.75, 3.05) is 11.1 Å². The first kappa shape index (κ1) is 22.8. The smallest absolute Gasteiger partial charge is 0.325 e. The first-order chi connectivity index (χ1) is 13.3. The minimum Gasteiger partial charge on any atom is -0.325 e. The van der Waals surface area contributed by atoms with Crippen molar-refractivity contribution >= 4 is 35.0 Å². The molecule has 0 aliphatic heterocycles. The number of aromatic nitrogens is 1. The molecule has 0 saturated carbocycles. The topological polar surface area (TPSA) is 65.8 Å². The molecule has 0 aliphatic rings. The molecule has 0 saturated heterocycles. The molecular weight excluding hydrogens is 444 g/mol. The zero-order valence-corrected chi connectivity index (χ0v) is 15.9. The molecule has 1 N–H and O–H groups in total. The highest BCUT2D eigenvalue weighted by atomic mass is 35.5. The number of nitrogens with one attached hydrogen (secondary N) is 1. The largest absolute Gasteiger partial charge is 0.418 e. The lowest BCUT2D eigenvalue weighted by Gasteiger charge is -2.15. The predicted molar refractivity (Wildman–Crippen MR) is 94.5 cm³/mol. The monoisotopic (exact) mass is 453 g/mol. The van der Waals surface area contributed by atoms with Gasteiger partial charge in [-0.3, -0.25) is 4.79 Å². The van der Waals surface area contributed by atoms with Crippen molar-refractivity contribution in [2.45, 2.75) is 24.3 Å². The minimum absolute atomic E-state index is 0.0312. The van der Waals surface area contributed by atoms with Crippen LogP contribution in [0.25, 0.3) is 0 Å². The Kier molecular flexibility index (Phi) is 6.70. The normalized spacial score (nSPS) is 11.8. The van der Waals surface area contributed by atoms with Crippen LogP contribution in [0.1, 0.15) is 22.4 Å². The summed E-state index contributed by atoms with van der Waals surface area (Å²) in [5, 5.41) is 10.6. The Morgan fingerprint density at radius 1 is 1.17 bits per heavy atom.